The van der Waals surface area contributed by atoms with Crippen LogP contribution in [0.2, 0.25) is 0 Å². The van der Waals surface area contributed by atoms with Crippen molar-refractivity contribution in [3.05, 3.63) is 11.6 Å². The van der Waals surface area contributed by atoms with Crippen LogP contribution in [0.3, 0.4) is 0 Å². The quantitative estimate of drug-likeness (QED) is 0.486. The van der Waals surface area contributed by atoms with Gasteiger partial charge in [0, 0.05) is 18.0 Å². The highest BCUT2D eigenvalue weighted by Crippen LogP contribution is 2.13. The van der Waals surface area contributed by atoms with Crippen molar-refractivity contribution in [2.45, 2.75) is 33.2 Å². The zero-order valence-electron chi connectivity index (χ0n) is 8.82. The fraction of sp³-hybridized carbons (Fsp3) is 0.800. The number of alkyl halides is 1. The highest BCUT2D eigenvalue weighted by Gasteiger charge is 2.20. The second-order valence-corrected chi connectivity index (χ2v) is 4.38. The Morgan fingerprint density at radius 2 is 1.92 bits per heavy atom. The summed E-state index contributed by atoms with van der Waals surface area (Å²) in [5.74, 6) is 0.667. The van der Waals surface area contributed by atoms with Crippen LogP contribution in [0.5, 0.6) is 0 Å². The second kappa shape index (κ2) is 4.88. The summed E-state index contributed by atoms with van der Waals surface area (Å²) in [5, 5.41) is 0. The van der Waals surface area contributed by atoms with E-state index in [1.807, 2.05) is 0 Å². The smallest absolute Gasteiger partial charge is 0.0402 e. The molecule has 0 aromatic rings. The van der Waals surface area contributed by atoms with Gasteiger partial charge in [-0.15, -0.1) is 11.6 Å². The van der Waals surface area contributed by atoms with Crippen LogP contribution < -0.4 is 0 Å². The van der Waals surface area contributed by atoms with E-state index >= 15 is 0 Å². The molecule has 0 bridgehead atoms. The summed E-state index contributed by atoms with van der Waals surface area (Å²) >= 11 is 5.84. The first-order valence-electron chi connectivity index (χ1n) is 4.30. The molecule has 0 aromatic carbocycles. The molecule has 0 saturated heterocycles. The summed E-state index contributed by atoms with van der Waals surface area (Å²) in [5.41, 5.74) is 1.44. The maximum atomic E-state index is 5.84. The third-order valence-corrected chi connectivity index (χ3v) is 2.79. The Morgan fingerprint density at radius 1 is 1.42 bits per heavy atom. The molecule has 0 aliphatic carbocycles. The lowest BCUT2D eigenvalue weighted by Gasteiger charge is -2.33. The lowest BCUT2D eigenvalue weighted by atomic mass is 10.1. The Labute approximate surface area is 81.4 Å². The lowest BCUT2D eigenvalue weighted by Crippen LogP contribution is -2.42. The van der Waals surface area contributed by atoms with Crippen molar-refractivity contribution in [1.29, 1.82) is 0 Å². The molecule has 0 N–H and O–H groups in total. The molecule has 0 spiro atoms. The van der Waals surface area contributed by atoms with Gasteiger partial charge in [-0.05, 0) is 34.7 Å². The van der Waals surface area contributed by atoms with Crippen LogP contribution in [0, 0.1) is 0 Å². The fourth-order valence-corrected chi connectivity index (χ4v) is 0.873. The number of hydrogen-bond donors (Lipinski definition) is 0. The first-order chi connectivity index (χ1) is 5.40. The van der Waals surface area contributed by atoms with Crippen molar-refractivity contribution < 1.29 is 0 Å². The second-order valence-electron chi connectivity index (χ2n) is 4.11. The summed E-state index contributed by atoms with van der Waals surface area (Å²) in [6, 6.07) is 0. The van der Waals surface area contributed by atoms with Gasteiger partial charge in [0.1, 0.15) is 0 Å². The highest BCUT2D eigenvalue weighted by molar-refractivity contribution is 6.18. The van der Waals surface area contributed by atoms with E-state index < -0.39 is 0 Å². The molecule has 0 aliphatic heterocycles. The van der Waals surface area contributed by atoms with E-state index in [-0.39, 0.29) is 5.54 Å². The fourth-order valence-electron chi connectivity index (χ4n) is 0.669. The van der Waals surface area contributed by atoms with Gasteiger partial charge in [0.2, 0.25) is 0 Å². The highest BCUT2D eigenvalue weighted by atomic mass is 35.5. The molecule has 2 heteroatoms. The summed E-state index contributed by atoms with van der Waals surface area (Å²) in [6.45, 7) is 9.50. The maximum Gasteiger partial charge on any atom is 0.0402 e. The van der Waals surface area contributed by atoms with Crippen LogP contribution in [0.1, 0.15) is 27.7 Å². The van der Waals surface area contributed by atoms with Gasteiger partial charge < -0.3 is 0 Å². The first kappa shape index (κ1) is 12.0. The van der Waals surface area contributed by atoms with Gasteiger partial charge in [-0.25, -0.2) is 0 Å². The van der Waals surface area contributed by atoms with Crippen LogP contribution in [-0.2, 0) is 0 Å². The van der Waals surface area contributed by atoms with Crippen LogP contribution in [0.25, 0.3) is 0 Å². The van der Waals surface area contributed by atoms with Gasteiger partial charge in [-0.3, -0.25) is 4.90 Å². The van der Waals surface area contributed by atoms with Crippen LogP contribution in [-0.4, -0.2) is 29.9 Å². The zero-order valence-corrected chi connectivity index (χ0v) is 9.57. The Bertz CT molecular complexity index is 157. The Balaban J connectivity index is 4.03. The molecule has 0 rings (SSSR count). The molecule has 0 unspecified atom stereocenters. The summed E-state index contributed by atoms with van der Waals surface area (Å²) in [7, 11) is 2.10. The van der Waals surface area contributed by atoms with E-state index in [2.05, 4.69) is 45.7 Å². The largest absolute Gasteiger partial charge is 0.296 e. The van der Waals surface area contributed by atoms with E-state index in [4.69, 9.17) is 11.6 Å². The third kappa shape index (κ3) is 4.13. The monoisotopic (exact) mass is 189 g/mol. The van der Waals surface area contributed by atoms with Gasteiger partial charge in [-0.1, -0.05) is 11.6 Å². The summed E-state index contributed by atoms with van der Waals surface area (Å²) in [6.07, 6.45) is 2.22. The minimum atomic E-state index is 0.0908. The van der Waals surface area contributed by atoms with Crippen molar-refractivity contribution in [2.75, 3.05) is 19.5 Å². The molecule has 0 aromatic heterocycles. The normalized spacial score (nSPS) is 11.9. The van der Waals surface area contributed by atoms with E-state index in [9.17, 15) is 0 Å². The topological polar surface area (TPSA) is 3.24 Å². The summed E-state index contributed by atoms with van der Waals surface area (Å²) < 4.78 is 0. The number of allylic oxidation sites excluding steroid dienone is 1. The minimum absolute atomic E-state index is 0.0908. The average Bonchev–Trinajstić information content (AvgIpc) is 2.00. The van der Waals surface area contributed by atoms with E-state index in [1.165, 1.54) is 5.57 Å². The van der Waals surface area contributed by atoms with E-state index in [1.54, 1.807) is 0 Å². The number of rotatable bonds is 4. The van der Waals surface area contributed by atoms with Crippen molar-refractivity contribution >= 4 is 11.6 Å². The molecule has 0 heterocycles. The predicted molar refractivity (Wildman–Crippen MR) is 56.9 cm³/mol. The Hall–Kier alpha value is -0.0100. The Kier molecular flexibility index (Phi) is 4.88. The van der Waals surface area contributed by atoms with E-state index in [0.717, 1.165) is 6.54 Å². The summed E-state index contributed by atoms with van der Waals surface area (Å²) in [4.78, 5) is 2.26. The number of hydrogen-bond acceptors (Lipinski definition) is 1. The molecule has 12 heavy (non-hydrogen) atoms. The van der Waals surface area contributed by atoms with Crippen LogP contribution in [0.15, 0.2) is 11.6 Å². The number of nitrogens with zero attached hydrogens (tertiary/aromatic N) is 1. The molecule has 0 amide bonds. The SMILES string of the molecule is CC(C)=CCN(C)C(C)(C)CCl. The van der Waals surface area contributed by atoms with Crippen LogP contribution in [0.4, 0.5) is 0 Å². The third-order valence-electron chi connectivity index (χ3n) is 2.13. The molecule has 1 nitrogen and oxygen atoms in total. The first-order valence-corrected chi connectivity index (χ1v) is 4.84. The molecular formula is C10H20ClN. The molecule has 0 radical (unpaired) electrons. The van der Waals surface area contributed by atoms with Gasteiger partial charge in [-0.2, -0.15) is 0 Å². The Morgan fingerprint density at radius 3 is 2.25 bits per heavy atom. The van der Waals surface area contributed by atoms with Crippen molar-refractivity contribution in [2.24, 2.45) is 0 Å². The number of likely N-dealkylation sites (N-methyl/N-ethyl adjacent to an activating group) is 1. The van der Waals surface area contributed by atoms with Gasteiger partial charge in [0.25, 0.3) is 0 Å². The van der Waals surface area contributed by atoms with Gasteiger partial charge in [0.05, 0.1) is 0 Å². The zero-order chi connectivity index (χ0) is 9.78. The maximum absolute atomic E-state index is 5.84. The molecule has 0 fully saturated rings. The van der Waals surface area contributed by atoms with Gasteiger partial charge >= 0.3 is 0 Å². The predicted octanol–water partition coefficient (Wildman–Crippen LogP) is 2.90. The molecule has 0 saturated carbocycles. The van der Waals surface area contributed by atoms with Crippen molar-refractivity contribution in [1.82, 2.24) is 4.90 Å². The molecule has 0 aliphatic rings. The van der Waals surface area contributed by atoms with E-state index in [0.29, 0.717) is 5.88 Å². The number of halogens is 1. The molecule has 0 atom stereocenters. The average molecular weight is 190 g/mol. The van der Waals surface area contributed by atoms with Crippen molar-refractivity contribution in [3.63, 3.8) is 0 Å². The molecular weight excluding hydrogens is 170 g/mol. The molecule has 72 valence electrons. The standard InChI is InChI=1S/C10H20ClN/c1-9(2)6-7-12(5)10(3,4)8-11/h6H,7-8H2,1-5H3. The minimum Gasteiger partial charge on any atom is -0.296 e. The van der Waals surface area contributed by atoms with Crippen LogP contribution >= 0.6 is 11.6 Å². The van der Waals surface area contributed by atoms with Gasteiger partial charge in [0.15, 0.2) is 0 Å². The lowest BCUT2D eigenvalue weighted by molar-refractivity contribution is 0.199. The van der Waals surface area contributed by atoms with Crippen molar-refractivity contribution in [3.8, 4) is 0 Å².